The molecule has 1 aliphatic rings. The smallest absolute Gasteiger partial charge is 0.0210 e. The van der Waals surface area contributed by atoms with Crippen LogP contribution in [-0.2, 0) is 0 Å². The van der Waals surface area contributed by atoms with E-state index in [1.807, 2.05) is 6.08 Å². The Kier molecular flexibility index (Phi) is 2.78. The molecule has 0 aliphatic heterocycles. The molecule has 1 unspecified atom stereocenters. The van der Waals surface area contributed by atoms with Crippen molar-refractivity contribution in [3.05, 3.63) is 46.5 Å². The van der Waals surface area contributed by atoms with Crippen molar-refractivity contribution in [2.24, 2.45) is 0 Å². The average molecular weight is 251 g/mol. The van der Waals surface area contributed by atoms with Crippen LogP contribution >= 0.6 is 15.9 Å². The van der Waals surface area contributed by atoms with Crippen molar-refractivity contribution in [2.45, 2.75) is 31.6 Å². The van der Waals surface area contributed by atoms with E-state index in [2.05, 4.69) is 47.6 Å². The fraction of sp³-hybridized carbons (Fsp3) is 0.385. The second-order valence-corrected chi connectivity index (χ2v) is 4.93. The highest BCUT2D eigenvalue weighted by molar-refractivity contribution is 9.10. The van der Waals surface area contributed by atoms with Gasteiger partial charge in [0, 0.05) is 4.47 Å². The second kappa shape index (κ2) is 3.90. The van der Waals surface area contributed by atoms with Gasteiger partial charge < -0.3 is 0 Å². The molecule has 1 aliphatic carbocycles. The van der Waals surface area contributed by atoms with Crippen molar-refractivity contribution in [2.75, 3.05) is 0 Å². The van der Waals surface area contributed by atoms with Crippen LogP contribution in [-0.4, -0.2) is 0 Å². The van der Waals surface area contributed by atoms with Gasteiger partial charge in [-0.25, -0.2) is 0 Å². The minimum Gasteiger partial charge on any atom is -0.102 e. The van der Waals surface area contributed by atoms with Crippen molar-refractivity contribution < 1.29 is 0 Å². The molecule has 0 N–H and O–H groups in total. The summed E-state index contributed by atoms with van der Waals surface area (Å²) in [5, 5.41) is 0. The summed E-state index contributed by atoms with van der Waals surface area (Å²) in [7, 11) is 0. The quantitative estimate of drug-likeness (QED) is 0.688. The lowest BCUT2D eigenvalue weighted by Crippen LogP contribution is -1.91. The van der Waals surface area contributed by atoms with Gasteiger partial charge in [-0.1, -0.05) is 41.1 Å². The van der Waals surface area contributed by atoms with Crippen LogP contribution in [0.3, 0.4) is 0 Å². The van der Waals surface area contributed by atoms with Gasteiger partial charge in [0.1, 0.15) is 0 Å². The first-order valence-electron chi connectivity index (χ1n) is 5.14. The van der Waals surface area contributed by atoms with E-state index in [9.17, 15) is 0 Å². The minimum atomic E-state index is 0.459. The van der Waals surface area contributed by atoms with E-state index in [1.165, 1.54) is 28.4 Å². The molecule has 0 aromatic heterocycles. The van der Waals surface area contributed by atoms with Crippen LogP contribution in [0.5, 0.6) is 0 Å². The Balaban J connectivity index is 2.34. The summed E-state index contributed by atoms with van der Waals surface area (Å²) >= 11 is 3.62. The van der Waals surface area contributed by atoms with Gasteiger partial charge >= 0.3 is 0 Å². The molecule has 0 bridgehead atoms. The standard InChI is InChI=1S/C13H15Br/c1-3-9(2)11-6-7-13(14)12(8-11)10-4-5-10/h3,6-10H,1,4-5H2,2H3. The van der Waals surface area contributed by atoms with Crippen LogP contribution in [0.2, 0.25) is 0 Å². The Morgan fingerprint density at radius 2 is 2.21 bits per heavy atom. The summed E-state index contributed by atoms with van der Waals surface area (Å²) in [4.78, 5) is 0. The molecule has 0 heterocycles. The highest BCUT2D eigenvalue weighted by Crippen LogP contribution is 2.44. The third-order valence-corrected chi connectivity index (χ3v) is 3.64. The predicted octanol–water partition coefficient (Wildman–Crippen LogP) is 4.62. The lowest BCUT2D eigenvalue weighted by atomic mass is 9.98. The SMILES string of the molecule is C=CC(C)c1ccc(Br)c(C2CC2)c1. The molecule has 0 radical (unpaired) electrons. The van der Waals surface area contributed by atoms with E-state index in [0.29, 0.717) is 5.92 Å². The van der Waals surface area contributed by atoms with Gasteiger partial charge in [-0.3, -0.25) is 0 Å². The van der Waals surface area contributed by atoms with E-state index >= 15 is 0 Å². The lowest BCUT2D eigenvalue weighted by molar-refractivity contribution is 0.958. The predicted molar refractivity (Wildman–Crippen MR) is 64.7 cm³/mol. The maximum Gasteiger partial charge on any atom is 0.0210 e. The van der Waals surface area contributed by atoms with E-state index in [4.69, 9.17) is 0 Å². The van der Waals surface area contributed by atoms with E-state index in [-0.39, 0.29) is 0 Å². The molecule has 1 aromatic rings. The molecule has 1 fully saturated rings. The van der Waals surface area contributed by atoms with Gasteiger partial charge in [0.2, 0.25) is 0 Å². The summed E-state index contributed by atoms with van der Waals surface area (Å²) in [5.74, 6) is 1.27. The van der Waals surface area contributed by atoms with Gasteiger partial charge in [-0.15, -0.1) is 6.58 Å². The molecule has 1 heteroatoms. The van der Waals surface area contributed by atoms with Gasteiger partial charge in [0.05, 0.1) is 0 Å². The lowest BCUT2D eigenvalue weighted by Gasteiger charge is -2.10. The number of hydrogen-bond donors (Lipinski definition) is 0. The molecule has 0 saturated heterocycles. The van der Waals surface area contributed by atoms with Crippen LogP contribution in [0.15, 0.2) is 35.3 Å². The van der Waals surface area contributed by atoms with E-state index in [0.717, 1.165) is 5.92 Å². The van der Waals surface area contributed by atoms with Gasteiger partial charge in [-0.05, 0) is 41.9 Å². The van der Waals surface area contributed by atoms with Gasteiger partial charge in [-0.2, -0.15) is 0 Å². The molecular formula is C13H15Br. The van der Waals surface area contributed by atoms with Crippen molar-refractivity contribution in [3.63, 3.8) is 0 Å². The number of benzene rings is 1. The topological polar surface area (TPSA) is 0 Å². The number of halogens is 1. The van der Waals surface area contributed by atoms with Crippen molar-refractivity contribution in [1.82, 2.24) is 0 Å². The summed E-state index contributed by atoms with van der Waals surface area (Å²) in [6, 6.07) is 6.68. The molecule has 14 heavy (non-hydrogen) atoms. The highest BCUT2D eigenvalue weighted by atomic mass is 79.9. The normalized spacial score (nSPS) is 17.9. The minimum absolute atomic E-state index is 0.459. The Labute approximate surface area is 94.2 Å². The Morgan fingerprint density at radius 1 is 1.50 bits per heavy atom. The molecule has 0 spiro atoms. The summed E-state index contributed by atoms with van der Waals surface area (Å²) < 4.78 is 1.26. The number of hydrogen-bond acceptors (Lipinski definition) is 0. The fourth-order valence-electron chi connectivity index (χ4n) is 1.69. The van der Waals surface area contributed by atoms with Gasteiger partial charge in [0.15, 0.2) is 0 Å². The molecule has 1 atom stereocenters. The monoisotopic (exact) mass is 250 g/mol. The Morgan fingerprint density at radius 3 is 2.79 bits per heavy atom. The third kappa shape index (κ3) is 1.93. The fourth-order valence-corrected chi connectivity index (χ4v) is 2.26. The zero-order chi connectivity index (χ0) is 10.1. The summed E-state index contributed by atoms with van der Waals surface area (Å²) in [6.07, 6.45) is 4.70. The van der Waals surface area contributed by atoms with Gasteiger partial charge in [0.25, 0.3) is 0 Å². The summed E-state index contributed by atoms with van der Waals surface area (Å²) in [5.41, 5.74) is 2.86. The molecule has 2 rings (SSSR count). The molecule has 0 amide bonds. The van der Waals surface area contributed by atoms with Crippen LogP contribution < -0.4 is 0 Å². The number of allylic oxidation sites excluding steroid dienone is 1. The highest BCUT2D eigenvalue weighted by Gasteiger charge is 2.25. The van der Waals surface area contributed by atoms with Crippen molar-refractivity contribution in [1.29, 1.82) is 0 Å². The van der Waals surface area contributed by atoms with Crippen molar-refractivity contribution >= 4 is 15.9 Å². The van der Waals surface area contributed by atoms with Crippen molar-refractivity contribution in [3.8, 4) is 0 Å². The molecular weight excluding hydrogens is 236 g/mol. The first kappa shape index (κ1) is 9.97. The zero-order valence-electron chi connectivity index (χ0n) is 8.46. The maximum absolute atomic E-state index is 3.84. The maximum atomic E-state index is 3.84. The largest absolute Gasteiger partial charge is 0.102 e. The Bertz CT molecular complexity index is 350. The first-order chi connectivity index (χ1) is 6.72. The number of rotatable bonds is 3. The van der Waals surface area contributed by atoms with Crippen LogP contribution in [0.25, 0.3) is 0 Å². The third-order valence-electron chi connectivity index (χ3n) is 2.92. The van der Waals surface area contributed by atoms with Crippen LogP contribution in [0, 0.1) is 0 Å². The molecule has 0 nitrogen and oxygen atoms in total. The van der Waals surface area contributed by atoms with E-state index in [1.54, 1.807) is 0 Å². The van der Waals surface area contributed by atoms with Crippen LogP contribution in [0.4, 0.5) is 0 Å². The first-order valence-corrected chi connectivity index (χ1v) is 5.93. The van der Waals surface area contributed by atoms with Crippen LogP contribution in [0.1, 0.15) is 42.7 Å². The zero-order valence-corrected chi connectivity index (χ0v) is 10.0. The Hall–Kier alpha value is -0.560. The molecule has 1 aromatic carbocycles. The average Bonchev–Trinajstić information content (AvgIpc) is 3.01. The molecule has 1 saturated carbocycles. The molecule has 74 valence electrons. The second-order valence-electron chi connectivity index (χ2n) is 4.08. The van der Waals surface area contributed by atoms with E-state index < -0.39 is 0 Å². The summed E-state index contributed by atoms with van der Waals surface area (Å²) in [6.45, 7) is 6.03.